The van der Waals surface area contributed by atoms with Gasteiger partial charge in [-0.05, 0) is 61.6 Å². The van der Waals surface area contributed by atoms with Crippen molar-refractivity contribution in [1.29, 1.82) is 0 Å². The normalized spacial score (nSPS) is 25.5. The van der Waals surface area contributed by atoms with E-state index in [4.69, 9.17) is 4.74 Å². The van der Waals surface area contributed by atoms with E-state index in [1.165, 1.54) is 0 Å². The summed E-state index contributed by atoms with van der Waals surface area (Å²) in [5.74, 6) is -1.91. The van der Waals surface area contributed by atoms with E-state index in [1.54, 1.807) is 0 Å². The molecule has 182 valence electrons. The number of para-hydroxylation sites is 1. The van der Waals surface area contributed by atoms with Gasteiger partial charge < -0.3 is 10.1 Å². The summed E-state index contributed by atoms with van der Waals surface area (Å²) >= 11 is 0. The van der Waals surface area contributed by atoms with Crippen LogP contribution in [0.25, 0.3) is 0 Å². The van der Waals surface area contributed by atoms with Crippen LogP contribution in [0.2, 0.25) is 0 Å². The molecular formula is C28H30N2O5. The molecule has 35 heavy (non-hydrogen) atoms. The number of hydrogen-bond donors (Lipinski definition) is 1. The highest BCUT2D eigenvalue weighted by molar-refractivity contribution is 6.08. The van der Waals surface area contributed by atoms with Crippen LogP contribution in [-0.4, -0.2) is 41.2 Å². The summed E-state index contributed by atoms with van der Waals surface area (Å²) in [5, 5.41) is 2.80. The first-order valence-corrected chi connectivity index (χ1v) is 12.3. The lowest BCUT2D eigenvalue weighted by molar-refractivity contribution is -0.160. The first kappa shape index (κ1) is 23.3. The van der Waals surface area contributed by atoms with Gasteiger partial charge in [0.1, 0.15) is 6.04 Å². The summed E-state index contributed by atoms with van der Waals surface area (Å²) in [4.78, 5) is 53.8. The second-order valence-electron chi connectivity index (χ2n) is 10.1. The van der Waals surface area contributed by atoms with Crippen molar-refractivity contribution >= 4 is 29.4 Å². The van der Waals surface area contributed by atoms with Crippen molar-refractivity contribution in [2.75, 3.05) is 11.9 Å². The van der Waals surface area contributed by atoms with Gasteiger partial charge in [-0.15, -0.1) is 0 Å². The Labute approximate surface area is 204 Å². The average Bonchev–Trinajstić information content (AvgIpc) is 3.53. The largest absolute Gasteiger partial charge is 0.454 e. The number of nitrogens with one attached hydrogen (secondary N) is 1. The molecule has 7 heteroatoms. The van der Waals surface area contributed by atoms with Crippen LogP contribution in [0.4, 0.5) is 5.69 Å². The molecule has 2 aromatic rings. The van der Waals surface area contributed by atoms with Crippen LogP contribution in [0.1, 0.15) is 36.0 Å². The van der Waals surface area contributed by atoms with Crippen molar-refractivity contribution in [3.8, 4) is 0 Å². The van der Waals surface area contributed by atoms with Crippen LogP contribution in [0, 0.1) is 37.5 Å². The number of nitrogens with zero attached hydrogens (tertiary/aromatic N) is 1. The van der Waals surface area contributed by atoms with Crippen LogP contribution in [0.15, 0.2) is 48.5 Å². The van der Waals surface area contributed by atoms with Gasteiger partial charge in [0, 0.05) is 12.1 Å². The third-order valence-electron chi connectivity index (χ3n) is 7.91. The van der Waals surface area contributed by atoms with E-state index >= 15 is 0 Å². The molecular weight excluding hydrogens is 444 g/mol. The van der Waals surface area contributed by atoms with Gasteiger partial charge in [0.05, 0.1) is 11.8 Å². The maximum Gasteiger partial charge on any atom is 0.330 e. The molecule has 2 aliphatic carbocycles. The number of carbonyl (C=O) groups is 4. The molecule has 1 saturated heterocycles. The van der Waals surface area contributed by atoms with E-state index in [0.29, 0.717) is 5.69 Å². The molecule has 3 amide bonds. The smallest absolute Gasteiger partial charge is 0.330 e. The summed E-state index contributed by atoms with van der Waals surface area (Å²) in [7, 11) is 0. The number of aryl methyl sites for hydroxylation is 2. The topological polar surface area (TPSA) is 92.8 Å². The molecule has 2 bridgehead atoms. The van der Waals surface area contributed by atoms with E-state index in [2.05, 4.69) is 5.32 Å². The van der Waals surface area contributed by atoms with Gasteiger partial charge in [0.15, 0.2) is 6.61 Å². The SMILES string of the molecule is Cc1cccc(C)c1NC(=O)COC(=O)[C@@H](Cc1ccccc1)N1C(=O)[C@@H]2[C@H]3CC[C@@H](C3)[C@@H]2C1=O. The Hall–Kier alpha value is -3.48. The summed E-state index contributed by atoms with van der Waals surface area (Å²) in [6.07, 6.45) is 3.01. The van der Waals surface area contributed by atoms with Gasteiger partial charge in [0.25, 0.3) is 5.91 Å². The number of carbonyl (C=O) groups excluding carboxylic acids is 4. The third-order valence-corrected chi connectivity index (χ3v) is 7.91. The Morgan fingerprint density at radius 3 is 2.14 bits per heavy atom. The first-order chi connectivity index (χ1) is 16.8. The standard InChI is InChI=1S/C28H30N2O5/c1-16-7-6-8-17(2)25(16)29-22(31)15-35-28(34)21(13-18-9-4-3-5-10-18)30-26(32)23-19-11-12-20(14-19)24(23)27(30)33/h3-10,19-21,23-24H,11-15H2,1-2H3,(H,29,31)/t19-,20-,21+,23-,24+/m0/s1. The van der Waals surface area contributed by atoms with Crippen molar-refractivity contribution in [1.82, 2.24) is 4.90 Å². The van der Waals surface area contributed by atoms with Crippen molar-refractivity contribution in [3.05, 3.63) is 65.2 Å². The molecule has 5 rings (SSSR count). The van der Waals surface area contributed by atoms with Crippen molar-refractivity contribution in [3.63, 3.8) is 0 Å². The summed E-state index contributed by atoms with van der Waals surface area (Å²) in [6, 6.07) is 13.8. The molecule has 7 nitrogen and oxygen atoms in total. The van der Waals surface area contributed by atoms with Crippen LogP contribution >= 0.6 is 0 Å². The maximum atomic E-state index is 13.4. The molecule has 0 aromatic heterocycles. The van der Waals surface area contributed by atoms with E-state index in [1.807, 2.05) is 62.4 Å². The number of anilines is 1. The predicted octanol–water partition coefficient (Wildman–Crippen LogP) is 3.43. The number of imide groups is 1. The second kappa shape index (κ2) is 9.29. The van der Waals surface area contributed by atoms with Crippen LogP contribution in [-0.2, 0) is 30.3 Å². The number of hydrogen-bond acceptors (Lipinski definition) is 5. The van der Waals surface area contributed by atoms with E-state index in [9.17, 15) is 19.2 Å². The monoisotopic (exact) mass is 474 g/mol. The fourth-order valence-electron chi connectivity index (χ4n) is 6.28. The Balaban J connectivity index is 1.33. The van der Waals surface area contributed by atoms with Gasteiger partial charge in [-0.3, -0.25) is 19.3 Å². The van der Waals surface area contributed by atoms with Crippen LogP contribution in [0.5, 0.6) is 0 Å². The molecule has 0 unspecified atom stereocenters. The van der Waals surface area contributed by atoms with Crippen molar-refractivity contribution < 1.29 is 23.9 Å². The van der Waals surface area contributed by atoms with Gasteiger partial charge in [0.2, 0.25) is 11.8 Å². The maximum absolute atomic E-state index is 13.4. The minimum Gasteiger partial charge on any atom is -0.454 e. The quantitative estimate of drug-likeness (QED) is 0.490. The Bertz CT molecular complexity index is 1130. The highest BCUT2D eigenvalue weighted by Gasteiger charge is 2.62. The van der Waals surface area contributed by atoms with Gasteiger partial charge in [-0.25, -0.2) is 4.79 Å². The predicted molar refractivity (Wildman–Crippen MR) is 129 cm³/mol. The number of esters is 1. The van der Waals surface area contributed by atoms with E-state index in [0.717, 1.165) is 40.9 Å². The highest BCUT2D eigenvalue weighted by atomic mass is 16.5. The lowest BCUT2D eigenvalue weighted by Gasteiger charge is -2.26. The van der Waals surface area contributed by atoms with Gasteiger partial charge in [-0.1, -0.05) is 48.5 Å². The molecule has 1 heterocycles. The second-order valence-corrected chi connectivity index (χ2v) is 10.1. The molecule has 5 atom stereocenters. The lowest BCUT2D eigenvalue weighted by Crippen LogP contribution is -2.48. The van der Waals surface area contributed by atoms with Gasteiger partial charge in [-0.2, -0.15) is 0 Å². The Kier molecular flexibility index (Phi) is 6.17. The molecule has 1 aliphatic heterocycles. The number of amides is 3. The van der Waals surface area contributed by atoms with Crippen molar-refractivity contribution in [2.45, 2.75) is 45.6 Å². The first-order valence-electron chi connectivity index (χ1n) is 12.3. The third kappa shape index (κ3) is 4.24. The molecule has 3 aliphatic rings. The molecule has 0 radical (unpaired) electrons. The lowest BCUT2D eigenvalue weighted by atomic mass is 9.81. The fraction of sp³-hybridized carbons (Fsp3) is 0.429. The zero-order valence-corrected chi connectivity index (χ0v) is 20.0. The highest BCUT2D eigenvalue weighted by Crippen LogP contribution is 2.56. The number of fused-ring (bicyclic) bond motifs is 5. The van der Waals surface area contributed by atoms with Gasteiger partial charge >= 0.3 is 5.97 Å². The zero-order chi connectivity index (χ0) is 24.7. The fourth-order valence-corrected chi connectivity index (χ4v) is 6.28. The molecule has 2 aromatic carbocycles. The van der Waals surface area contributed by atoms with Crippen LogP contribution < -0.4 is 5.32 Å². The Morgan fingerprint density at radius 1 is 0.943 bits per heavy atom. The average molecular weight is 475 g/mol. The number of rotatable bonds is 7. The van der Waals surface area contributed by atoms with Crippen molar-refractivity contribution in [2.24, 2.45) is 23.7 Å². The number of benzene rings is 2. The van der Waals surface area contributed by atoms with E-state index < -0.39 is 24.5 Å². The summed E-state index contributed by atoms with van der Waals surface area (Å²) in [6.45, 7) is 3.28. The summed E-state index contributed by atoms with van der Waals surface area (Å²) in [5.41, 5.74) is 3.31. The molecule has 1 N–H and O–H groups in total. The number of ether oxygens (including phenoxy) is 1. The minimum atomic E-state index is -1.09. The van der Waals surface area contributed by atoms with E-state index in [-0.39, 0.29) is 41.9 Å². The minimum absolute atomic E-state index is 0.157. The number of likely N-dealkylation sites (tertiary alicyclic amines) is 1. The summed E-state index contributed by atoms with van der Waals surface area (Å²) < 4.78 is 5.39. The zero-order valence-electron chi connectivity index (χ0n) is 20.0. The molecule has 3 fully saturated rings. The molecule has 2 saturated carbocycles. The Morgan fingerprint density at radius 2 is 1.54 bits per heavy atom. The van der Waals surface area contributed by atoms with Crippen LogP contribution in [0.3, 0.4) is 0 Å². The molecule has 0 spiro atoms.